The van der Waals surface area contributed by atoms with E-state index in [2.05, 4.69) is 32.9 Å². The first-order valence-corrected chi connectivity index (χ1v) is 17.5. The van der Waals surface area contributed by atoms with Gasteiger partial charge in [-0.15, -0.1) is 0 Å². The molecule has 0 aromatic heterocycles. The molecule has 0 fully saturated rings. The Hall–Kier alpha value is -0.790. The fraction of sp³-hybridized carbons (Fsp3) is 0.917. The van der Waals surface area contributed by atoms with E-state index < -0.39 is 0 Å². The van der Waals surface area contributed by atoms with E-state index in [-0.39, 0.29) is 5.97 Å². The summed E-state index contributed by atoms with van der Waals surface area (Å²) in [6.45, 7) is 7.57. The third-order valence-electron chi connectivity index (χ3n) is 8.19. The van der Waals surface area contributed by atoms with Gasteiger partial charge in [0.2, 0.25) is 0 Å². The minimum Gasteiger partial charge on any atom is -0.466 e. The molecule has 2 heteroatoms. The predicted molar refractivity (Wildman–Crippen MR) is 170 cm³/mol. The zero-order valence-electron chi connectivity index (χ0n) is 26.6. The summed E-state index contributed by atoms with van der Waals surface area (Å²) in [5.74, 6) is 0.944. The first-order chi connectivity index (χ1) is 18.7. The second kappa shape index (κ2) is 32.4. The van der Waals surface area contributed by atoms with Crippen molar-refractivity contribution >= 4 is 5.97 Å². The summed E-state index contributed by atoms with van der Waals surface area (Å²) in [4.78, 5) is 11.9. The molecular weight excluding hydrogens is 464 g/mol. The van der Waals surface area contributed by atoms with Crippen LogP contribution in [0.2, 0.25) is 0 Å². The number of hydrogen-bond acceptors (Lipinski definition) is 2. The molecule has 0 aliphatic rings. The molecule has 0 N–H and O–H groups in total. The van der Waals surface area contributed by atoms with Crippen molar-refractivity contribution < 1.29 is 9.53 Å². The van der Waals surface area contributed by atoms with Crippen LogP contribution in [0.3, 0.4) is 0 Å². The molecule has 0 aromatic carbocycles. The van der Waals surface area contributed by atoms with Crippen molar-refractivity contribution in [1.29, 1.82) is 0 Å². The number of allylic oxidation sites excluding steroid dienone is 2. The zero-order valence-corrected chi connectivity index (χ0v) is 26.6. The zero-order chi connectivity index (χ0) is 27.8. The van der Waals surface area contributed by atoms with Crippen molar-refractivity contribution in [2.75, 3.05) is 6.61 Å². The molecule has 0 spiro atoms. The number of carbonyl (C=O) groups excluding carboxylic acids is 1. The van der Waals surface area contributed by atoms with Crippen LogP contribution in [0.5, 0.6) is 0 Å². The van der Waals surface area contributed by atoms with Crippen molar-refractivity contribution in [3.05, 3.63) is 12.2 Å². The molecule has 0 bridgehead atoms. The smallest absolute Gasteiger partial charge is 0.305 e. The Morgan fingerprint density at radius 2 is 0.974 bits per heavy atom. The van der Waals surface area contributed by atoms with Crippen LogP contribution < -0.4 is 0 Å². The average Bonchev–Trinajstić information content (AvgIpc) is 2.92. The number of carbonyl (C=O) groups is 1. The molecular formula is C36H70O2. The summed E-state index contributed by atoms with van der Waals surface area (Å²) in [6, 6.07) is 0. The Labute approximate surface area is 240 Å². The maximum Gasteiger partial charge on any atom is 0.305 e. The summed E-state index contributed by atoms with van der Waals surface area (Å²) in [7, 11) is 0. The molecule has 0 heterocycles. The van der Waals surface area contributed by atoms with E-state index in [1.807, 2.05) is 0 Å². The Morgan fingerprint density at radius 1 is 0.553 bits per heavy atom. The number of rotatable bonds is 31. The predicted octanol–water partition coefficient (Wildman–Crippen LogP) is 12.7. The van der Waals surface area contributed by atoms with Crippen LogP contribution in [0.1, 0.15) is 201 Å². The van der Waals surface area contributed by atoms with E-state index in [4.69, 9.17) is 4.74 Å². The normalized spacial score (nSPS) is 12.4. The van der Waals surface area contributed by atoms with Gasteiger partial charge in [-0.3, -0.25) is 4.79 Å². The molecule has 0 radical (unpaired) electrons. The van der Waals surface area contributed by atoms with Crippen LogP contribution in [-0.2, 0) is 9.53 Å². The van der Waals surface area contributed by atoms with E-state index >= 15 is 0 Å². The van der Waals surface area contributed by atoms with Crippen LogP contribution in [0, 0.1) is 5.92 Å². The topological polar surface area (TPSA) is 26.3 Å². The monoisotopic (exact) mass is 535 g/mol. The highest BCUT2D eigenvalue weighted by Gasteiger charge is 2.03. The number of hydrogen-bond donors (Lipinski definition) is 0. The molecule has 1 unspecified atom stereocenters. The fourth-order valence-electron chi connectivity index (χ4n) is 5.15. The largest absolute Gasteiger partial charge is 0.466 e. The SMILES string of the molecule is CCCC/C=C\CCCCCCCC(=O)OCCCCCCCCCCCCCCCCCCC(C)CC. The molecule has 0 saturated carbocycles. The standard InChI is InChI=1S/C36H70O2/c1-4-6-7-8-9-10-17-21-24-27-30-33-36(37)38-34-31-28-25-22-19-16-14-12-11-13-15-18-20-23-26-29-32-35(3)5-2/h8-9,35H,4-7,10-34H2,1-3H3/b9-8-. The minimum atomic E-state index is 0.0148. The molecule has 1 atom stereocenters. The molecule has 0 aliphatic heterocycles. The highest BCUT2D eigenvalue weighted by molar-refractivity contribution is 5.69. The Balaban J connectivity index is 3.17. The molecule has 0 aliphatic carbocycles. The lowest BCUT2D eigenvalue weighted by Gasteiger charge is -2.07. The molecule has 2 nitrogen and oxygen atoms in total. The maximum atomic E-state index is 11.9. The summed E-state index contributed by atoms with van der Waals surface area (Å²) >= 11 is 0. The highest BCUT2D eigenvalue weighted by Crippen LogP contribution is 2.16. The van der Waals surface area contributed by atoms with Gasteiger partial charge >= 0.3 is 5.97 Å². The van der Waals surface area contributed by atoms with Crippen molar-refractivity contribution in [1.82, 2.24) is 0 Å². The summed E-state index contributed by atoms with van der Waals surface area (Å²) in [5.41, 5.74) is 0. The van der Waals surface area contributed by atoms with Crippen LogP contribution in [0.4, 0.5) is 0 Å². The van der Waals surface area contributed by atoms with Crippen LogP contribution in [-0.4, -0.2) is 12.6 Å². The van der Waals surface area contributed by atoms with Gasteiger partial charge in [-0.1, -0.05) is 174 Å². The van der Waals surface area contributed by atoms with Gasteiger partial charge in [-0.25, -0.2) is 0 Å². The molecule has 0 saturated heterocycles. The third-order valence-corrected chi connectivity index (χ3v) is 8.19. The van der Waals surface area contributed by atoms with Gasteiger partial charge in [-0.05, 0) is 38.0 Å². The van der Waals surface area contributed by atoms with E-state index in [1.165, 1.54) is 154 Å². The Kier molecular flexibility index (Phi) is 31.7. The minimum absolute atomic E-state index is 0.0148. The van der Waals surface area contributed by atoms with Crippen molar-refractivity contribution in [2.24, 2.45) is 5.92 Å². The molecule has 226 valence electrons. The molecule has 0 amide bonds. The van der Waals surface area contributed by atoms with E-state index in [0.717, 1.165) is 25.2 Å². The second-order valence-corrected chi connectivity index (χ2v) is 12.1. The first-order valence-electron chi connectivity index (χ1n) is 17.5. The summed E-state index contributed by atoms with van der Waals surface area (Å²) in [6.07, 6.45) is 41.2. The molecule has 0 aromatic rings. The van der Waals surface area contributed by atoms with E-state index in [9.17, 15) is 4.79 Å². The van der Waals surface area contributed by atoms with Crippen LogP contribution in [0.25, 0.3) is 0 Å². The van der Waals surface area contributed by atoms with E-state index in [1.54, 1.807) is 0 Å². The van der Waals surface area contributed by atoms with Crippen molar-refractivity contribution in [3.63, 3.8) is 0 Å². The van der Waals surface area contributed by atoms with Gasteiger partial charge in [0.05, 0.1) is 6.61 Å². The second-order valence-electron chi connectivity index (χ2n) is 12.1. The van der Waals surface area contributed by atoms with E-state index in [0.29, 0.717) is 13.0 Å². The Bertz CT molecular complexity index is 484. The number of unbranched alkanes of at least 4 members (excludes halogenated alkanes) is 22. The lowest BCUT2D eigenvalue weighted by Crippen LogP contribution is -2.05. The lowest BCUT2D eigenvalue weighted by atomic mass is 9.99. The molecule has 0 rings (SSSR count). The Morgan fingerprint density at radius 3 is 1.47 bits per heavy atom. The third kappa shape index (κ3) is 31.4. The number of ether oxygens (including phenoxy) is 1. The van der Waals surface area contributed by atoms with Gasteiger partial charge < -0.3 is 4.74 Å². The van der Waals surface area contributed by atoms with Crippen LogP contribution in [0.15, 0.2) is 12.2 Å². The first kappa shape index (κ1) is 37.2. The van der Waals surface area contributed by atoms with Crippen LogP contribution >= 0.6 is 0 Å². The molecule has 38 heavy (non-hydrogen) atoms. The quantitative estimate of drug-likeness (QED) is 0.0502. The summed E-state index contributed by atoms with van der Waals surface area (Å²) < 4.78 is 5.42. The van der Waals surface area contributed by atoms with Crippen molar-refractivity contribution in [3.8, 4) is 0 Å². The fourth-order valence-corrected chi connectivity index (χ4v) is 5.15. The van der Waals surface area contributed by atoms with Gasteiger partial charge in [0.1, 0.15) is 0 Å². The maximum absolute atomic E-state index is 11.9. The lowest BCUT2D eigenvalue weighted by molar-refractivity contribution is -0.143. The van der Waals surface area contributed by atoms with Gasteiger partial charge in [0.15, 0.2) is 0 Å². The van der Waals surface area contributed by atoms with Crippen molar-refractivity contribution in [2.45, 2.75) is 201 Å². The summed E-state index contributed by atoms with van der Waals surface area (Å²) in [5, 5.41) is 0. The average molecular weight is 535 g/mol. The number of esters is 1. The van der Waals surface area contributed by atoms with Gasteiger partial charge in [-0.2, -0.15) is 0 Å². The highest BCUT2D eigenvalue weighted by atomic mass is 16.5. The van der Waals surface area contributed by atoms with Gasteiger partial charge in [0, 0.05) is 6.42 Å². The van der Waals surface area contributed by atoms with Gasteiger partial charge in [0.25, 0.3) is 0 Å².